The van der Waals surface area contributed by atoms with Gasteiger partial charge in [-0.2, -0.15) is 5.10 Å². The van der Waals surface area contributed by atoms with Crippen molar-refractivity contribution < 1.29 is 14.3 Å². The predicted molar refractivity (Wildman–Crippen MR) is 99.4 cm³/mol. The third kappa shape index (κ3) is 6.30. The monoisotopic (exact) mass is 340 g/mol. The zero-order valence-electron chi connectivity index (χ0n) is 14.9. The maximum atomic E-state index is 11.8. The summed E-state index contributed by atoms with van der Waals surface area (Å²) in [5.74, 6) is 1.19. The molecule has 0 unspecified atom stereocenters. The van der Waals surface area contributed by atoms with Crippen LogP contribution in [0.15, 0.2) is 47.6 Å². The van der Waals surface area contributed by atoms with Gasteiger partial charge in [-0.05, 0) is 73.4 Å². The number of carbonyl (C=O) groups excluding carboxylic acids is 1. The molecule has 0 bridgehead atoms. The Bertz CT molecular complexity index is 724. The maximum Gasteiger partial charge on any atom is 0.277 e. The van der Waals surface area contributed by atoms with E-state index in [1.807, 2.05) is 56.3 Å². The first-order valence-electron chi connectivity index (χ1n) is 8.33. The van der Waals surface area contributed by atoms with Gasteiger partial charge in [0.2, 0.25) is 0 Å². The molecule has 2 aromatic carbocycles. The van der Waals surface area contributed by atoms with E-state index < -0.39 is 0 Å². The Kier molecular flexibility index (Phi) is 7.01. The first kappa shape index (κ1) is 18.5. The van der Waals surface area contributed by atoms with Gasteiger partial charge >= 0.3 is 0 Å². The molecule has 0 aliphatic rings. The smallest absolute Gasteiger partial charge is 0.277 e. The number of nitrogens with zero attached hydrogens (tertiary/aromatic N) is 1. The molecular formula is C20H24N2O3. The first-order chi connectivity index (χ1) is 12.1. The molecule has 2 aromatic rings. The van der Waals surface area contributed by atoms with Gasteiger partial charge in [-0.3, -0.25) is 4.79 Å². The lowest BCUT2D eigenvalue weighted by molar-refractivity contribution is -0.123. The van der Waals surface area contributed by atoms with E-state index in [1.54, 1.807) is 6.21 Å². The topological polar surface area (TPSA) is 59.9 Å². The number of nitrogens with one attached hydrogen (secondary N) is 1. The van der Waals surface area contributed by atoms with E-state index in [0.717, 1.165) is 23.3 Å². The van der Waals surface area contributed by atoms with Gasteiger partial charge in [-0.1, -0.05) is 13.0 Å². The predicted octanol–water partition coefficient (Wildman–Crippen LogP) is 3.62. The highest BCUT2D eigenvalue weighted by Gasteiger charge is 2.02. The summed E-state index contributed by atoms with van der Waals surface area (Å²) in [5, 5.41) is 3.93. The van der Waals surface area contributed by atoms with Gasteiger partial charge in [0.05, 0.1) is 12.8 Å². The molecule has 0 fully saturated rings. The van der Waals surface area contributed by atoms with E-state index in [1.165, 1.54) is 5.56 Å². The van der Waals surface area contributed by atoms with Crippen LogP contribution in [0.4, 0.5) is 0 Å². The van der Waals surface area contributed by atoms with Crippen molar-refractivity contribution in [3.63, 3.8) is 0 Å². The number of carbonyl (C=O) groups is 1. The summed E-state index contributed by atoms with van der Waals surface area (Å²) in [5.41, 5.74) is 5.64. The minimum atomic E-state index is -0.308. The van der Waals surface area contributed by atoms with Crippen LogP contribution < -0.4 is 14.9 Å². The Morgan fingerprint density at radius 3 is 2.44 bits per heavy atom. The third-order valence-corrected chi connectivity index (χ3v) is 3.60. The molecule has 25 heavy (non-hydrogen) atoms. The molecule has 0 aliphatic heterocycles. The SMILES string of the molecule is CCCOc1ccc(/C=N/NC(=O)COc2ccc(C)c(C)c2)cc1. The average Bonchev–Trinajstić information content (AvgIpc) is 2.62. The molecule has 5 heteroatoms. The Morgan fingerprint density at radius 1 is 1.04 bits per heavy atom. The highest BCUT2D eigenvalue weighted by Crippen LogP contribution is 2.16. The van der Waals surface area contributed by atoms with Crippen LogP contribution in [-0.4, -0.2) is 25.3 Å². The normalized spacial score (nSPS) is 10.7. The summed E-state index contributed by atoms with van der Waals surface area (Å²) in [7, 11) is 0. The van der Waals surface area contributed by atoms with Crippen LogP contribution in [0.5, 0.6) is 11.5 Å². The van der Waals surface area contributed by atoms with E-state index in [2.05, 4.69) is 17.5 Å². The highest BCUT2D eigenvalue weighted by atomic mass is 16.5. The summed E-state index contributed by atoms with van der Waals surface area (Å²) >= 11 is 0. The maximum absolute atomic E-state index is 11.8. The van der Waals surface area contributed by atoms with Gasteiger partial charge in [0.1, 0.15) is 11.5 Å². The molecule has 0 spiro atoms. The molecule has 0 aliphatic carbocycles. The summed E-state index contributed by atoms with van der Waals surface area (Å²) in [6, 6.07) is 13.2. The number of hydrogen-bond acceptors (Lipinski definition) is 4. The summed E-state index contributed by atoms with van der Waals surface area (Å²) < 4.78 is 11.0. The molecule has 1 N–H and O–H groups in total. The van der Waals surface area contributed by atoms with Crippen molar-refractivity contribution in [1.82, 2.24) is 5.43 Å². The lowest BCUT2D eigenvalue weighted by atomic mass is 10.1. The van der Waals surface area contributed by atoms with Crippen molar-refractivity contribution in [3.8, 4) is 11.5 Å². The van der Waals surface area contributed by atoms with Crippen LogP contribution in [0.3, 0.4) is 0 Å². The van der Waals surface area contributed by atoms with E-state index in [0.29, 0.717) is 12.4 Å². The zero-order valence-corrected chi connectivity index (χ0v) is 14.9. The Hall–Kier alpha value is -2.82. The van der Waals surface area contributed by atoms with Crippen molar-refractivity contribution in [2.75, 3.05) is 13.2 Å². The number of rotatable bonds is 8. The second kappa shape index (κ2) is 9.47. The minimum Gasteiger partial charge on any atom is -0.494 e. The number of amides is 1. The molecule has 2 rings (SSSR count). The number of aryl methyl sites for hydroxylation is 2. The number of hydrogen-bond donors (Lipinski definition) is 1. The highest BCUT2D eigenvalue weighted by molar-refractivity contribution is 5.83. The first-order valence-corrected chi connectivity index (χ1v) is 8.33. The lowest BCUT2D eigenvalue weighted by Gasteiger charge is -2.07. The Labute approximate surface area is 148 Å². The van der Waals surface area contributed by atoms with E-state index in [-0.39, 0.29) is 12.5 Å². The molecule has 0 atom stereocenters. The quantitative estimate of drug-likeness (QED) is 0.590. The van der Waals surface area contributed by atoms with E-state index >= 15 is 0 Å². The van der Waals surface area contributed by atoms with Gasteiger partial charge < -0.3 is 9.47 Å². The molecule has 0 heterocycles. The fourth-order valence-corrected chi connectivity index (χ4v) is 2.03. The summed E-state index contributed by atoms with van der Waals surface area (Å²) in [6.07, 6.45) is 2.55. The fourth-order valence-electron chi connectivity index (χ4n) is 2.03. The van der Waals surface area contributed by atoms with Crippen LogP contribution in [0.25, 0.3) is 0 Å². The number of ether oxygens (including phenoxy) is 2. The van der Waals surface area contributed by atoms with Gasteiger partial charge in [0, 0.05) is 0 Å². The lowest BCUT2D eigenvalue weighted by Crippen LogP contribution is -2.24. The third-order valence-electron chi connectivity index (χ3n) is 3.60. The second-order valence-corrected chi connectivity index (χ2v) is 5.75. The second-order valence-electron chi connectivity index (χ2n) is 5.75. The fraction of sp³-hybridized carbons (Fsp3) is 0.300. The van der Waals surface area contributed by atoms with Crippen LogP contribution >= 0.6 is 0 Å². The van der Waals surface area contributed by atoms with Gasteiger partial charge in [-0.15, -0.1) is 0 Å². The molecule has 1 amide bonds. The number of hydrazone groups is 1. The largest absolute Gasteiger partial charge is 0.494 e. The Morgan fingerprint density at radius 2 is 1.76 bits per heavy atom. The van der Waals surface area contributed by atoms with Crippen molar-refractivity contribution in [2.24, 2.45) is 5.10 Å². The van der Waals surface area contributed by atoms with Crippen LogP contribution in [0.1, 0.15) is 30.0 Å². The van der Waals surface area contributed by atoms with Gasteiger partial charge in [-0.25, -0.2) is 5.43 Å². The minimum absolute atomic E-state index is 0.0797. The van der Waals surface area contributed by atoms with Gasteiger partial charge in [0.25, 0.3) is 5.91 Å². The van der Waals surface area contributed by atoms with E-state index in [4.69, 9.17) is 9.47 Å². The zero-order chi connectivity index (χ0) is 18.1. The molecule has 0 saturated carbocycles. The van der Waals surface area contributed by atoms with Crippen LogP contribution in [0, 0.1) is 13.8 Å². The van der Waals surface area contributed by atoms with Gasteiger partial charge in [0.15, 0.2) is 6.61 Å². The summed E-state index contributed by atoms with van der Waals surface area (Å²) in [6.45, 7) is 6.72. The van der Waals surface area contributed by atoms with Crippen LogP contribution in [-0.2, 0) is 4.79 Å². The Balaban J connectivity index is 1.77. The molecule has 0 saturated heterocycles. The molecule has 0 radical (unpaired) electrons. The average molecular weight is 340 g/mol. The van der Waals surface area contributed by atoms with Crippen molar-refractivity contribution in [3.05, 3.63) is 59.2 Å². The van der Waals surface area contributed by atoms with Crippen molar-refractivity contribution in [1.29, 1.82) is 0 Å². The summed E-state index contributed by atoms with van der Waals surface area (Å²) in [4.78, 5) is 11.8. The number of benzene rings is 2. The standard InChI is InChI=1S/C20H24N2O3/c1-4-11-24-18-9-6-17(7-10-18)13-21-22-20(23)14-25-19-8-5-15(2)16(3)12-19/h5-10,12-13H,4,11,14H2,1-3H3,(H,22,23)/b21-13+. The van der Waals surface area contributed by atoms with Crippen molar-refractivity contribution >= 4 is 12.1 Å². The molecule has 5 nitrogen and oxygen atoms in total. The molecular weight excluding hydrogens is 316 g/mol. The molecule has 132 valence electrons. The van der Waals surface area contributed by atoms with Crippen molar-refractivity contribution in [2.45, 2.75) is 27.2 Å². The molecule has 0 aromatic heterocycles. The van der Waals surface area contributed by atoms with E-state index in [9.17, 15) is 4.79 Å². The van der Waals surface area contributed by atoms with Crippen LogP contribution in [0.2, 0.25) is 0 Å².